The van der Waals surface area contributed by atoms with Gasteiger partial charge in [0.15, 0.2) is 85.2 Å². The topological polar surface area (TPSA) is 142 Å². The number of carbonyl (C=O) groups excluding carboxylic acids is 4. The van der Waals surface area contributed by atoms with Crippen LogP contribution < -0.4 is 18.9 Å². The minimum atomic E-state index is -0.520. The molecule has 12 fully saturated rings. The maximum absolute atomic E-state index is 13.0. The van der Waals surface area contributed by atoms with E-state index in [2.05, 4.69) is 321 Å². The SMILES string of the molecule is CC1(OC(=O)COc2ccc([S+](c3ccccc3)c3ccccc3)cc2)C2CC3CC(C2)CC1C3.Cc1cc(OCC(=O)OC2(C)C3CC4CC(C3)CC2C4)ccc1[S+](c1ccccc1)c1ccccc1.Cc1cc([S+](c2ccccc2)c2ccccc2)cc(C)c1OCC(=O)OC(C)(C)C.Cc1cc([S+](c2ccccc2)c2ccccc2)cc(C)c1OCC(=O)OC1(C)C2CC3CC(C2)CC1C3. The van der Waals surface area contributed by atoms with E-state index in [9.17, 15) is 19.2 Å². The van der Waals surface area contributed by atoms with Gasteiger partial charge in [0.2, 0.25) is 0 Å². The first kappa shape index (κ1) is 97.3. The van der Waals surface area contributed by atoms with E-state index in [0.29, 0.717) is 47.0 Å². The lowest BCUT2D eigenvalue weighted by molar-refractivity contribution is -0.205. The zero-order valence-electron chi connectivity index (χ0n) is 81.8. The van der Waals surface area contributed by atoms with Crippen molar-refractivity contribution in [1.29, 1.82) is 0 Å². The van der Waals surface area contributed by atoms with Crippen molar-refractivity contribution in [1.82, 2.24) is 0 Å². The molecule has 0 saturated heterocycles. The summed E-state index contributed by atoms with van der Waals surface area (Å²) in [5.41, 5.74) is 3.82. The molecule has 12 saturated carbocycles. The van der Waals surface area contributed by atoms with Crippen LogP contribution in [0.2, 0.25) is 0 Å². The zero-order valence-corrected chi connectivity index (χ0v) is 85.1. The second-order valence-electron chi connectivity index (χ2n) is 41.5. The van der Waals surface area contributed by atoms with Gasteiger partial charge in [-0.3, -0.25) is 0 Å². The average molecular weight is 1920 g/mol. The maximum atomic E-state index is 13.0. The fourth-order valence-corrected chi connectivity index (χ4v) is 33.6. The minimum absolute atomic E-state index is 0.0357. The van der Waals surface area contributed by atoms with E-state index in [-0.39, 0.29) is 111 Å². The van der Waals surface area contributed by atoms with Crippen LogP contribution >= 0.6 is 0 Å². The standard InChI is InChI=1S/C33H37O3S.C32H35O3S.C31H33O3S.C26H29O3S/c1-22-14-30(37(28-10-6-4-7-11-28)29-12-8-5-9-13-29)15-23(2)32(22)35-21-31(34)36-33(3)26-17-24-16-25(19-26)20-27(33)18-24;1-22-15-27(13-14-30(22)36(28-9-5-3-6-10-28)29-11-7-4-8-12-29)34-21-31(33)35-32(2)25-17-23-16-24(19-25)20-26(32)18-23;1-31(24-17-22-16-23(19-24)20-25(31)18-22)34-30(32)21-33-26-12-14-29(15-13-26)35(27-8-4-2-5-9-27)28-10-6-3-7-11-28;1-19-16-23(17-20(2)25(19)28-18-24(27)29-26(3,4)5)30(21-12-8-6-9-13-21)22-14-10-7-11-15-22/h4-15,24-27H,16-21H2,1-3H3;3-15,23-26H,16-21H2,1-2H3;2-15,22-25H,16-21H2,1H3;6-17H,18H2,1-5H3/q4*+1. The molecule has 12 aromatic rings. The number of esters is 4. The van der Waals surface area contributed by atoms with Crippen LogP contribution in [0, 0.1) is 106 Å². The Morgan fingerprint density at radius 3 is 0.739 bits per heavy atom. The van der Waals surface area contributed by atoms with Gasteiger partial charge in [0, 0.05) is 29.8 Å². The summed E-state index contributed by atoms with van der Waals surface area (Å²) in [6, 6.07) is 108. The second-order valence-corrected chi connectivity index (χ2v) is 49.6. The molecule has 714 valence electrons. The molecule has 12 aliphatic rings. The Bertz CT molecular complexity index is 5850. The molecular weight excluding hydrogens is 1790 g/mol. The lowest BCUT2D eigenvalue weighted by atomic mass is 9.50. The number of hydrogen-bond acceptors (Lipinski definition) is 12. The van der Waals surface area contributed by atoms with Crippen molar-refractivity contribution < 1.29 is 57.1 Å². The summed E-state index contributed by atoms with van der Waals surface area (Å²) in [5, 5.41) is 0. The first-order valence-corrected chi connectivity index (χ1v) is 54.8. The van der Waals surface area contributed by atoms with Crippen molar-refractivity contribution in [2.45, 2.75) is 254 Å². The highest BCUT2D eigenvalue weighted by Gasteiger charge is 2.60. The molecule has 0 amide bonds. The fraction of sp³-hybridized carbons (Fsp3) is 0.377. The molecule has 0 unspecified atom stereocenters. The minimum Gasteiger partial charge on any atom is -0.482 e. The van der Waals surface area contributed by atoms with Crippen LogP contribution in [0.25, 0.3) is 0 Å². The largest absolute Gasteiger partial charge is 0.482 e. The number of hydrogen-bond donors (Lipinski definition) is 0. The molecule has 12 aliphatic carbocycles. The molecule has 0 heterocycles. The van der Waals surface area contributed by atoms with Crippen molar-refractivity contribution in [3.63, 3.8) is 0 Å². The number of rotatable bonds is 27. The Morgan fingerprint density at radius 1 is 0.254 bits per heavy atom. The molecule has 12 nitrogen and oxygen atoms in total. The highest BCUT2D eigenvalue weighted by atomic mass is 32.2. The predicted molar refractivity (Wildman–Crippen MR) is 552 cm³/mol. The van der Waals surface area contributed by atoms with Gasteiger partial charge in [0.1, 0.15) is 45.4 Å². The number of ether oxygens (including phenoxy) is 8. The Hall–Kier alpha value is -10.9. The first-order chi connectivity index (χ1) is 66.7. The van der Waals surface area contributed by atoms with E-state index in [0.717, 1.165) is 74.8 Å². The van der Waals surface area contributed by atoms with Crippen LogP contribution in [0.3, 0.4) is 0 Å². The lowest BCUT2D eigenvalue weighted by Crippen LogP contribution is -2.58. The molecule has 0 N–H and O–H groups in total. The maximum Gasteiger partial charge on any atom is 0.344 e. The number of carbonyl (C=O) groups is 4. The first-order valence-electron chi connectivity index (χ1n) is 49.9. The second kappa shape index (κ2) is 43.1. The summed E-state index contributed by atoms with van der Waals surface area (Å²) in [4.78, 5) is 66.0. The number of benzene rings is 12. The van der Waals surface area contributed by atoms with E-state index in [1.165, 1.54) is 155 Å². The van der Waals surface area contributed by atoms with Crippen LogP contribution in [-0.2, 0) is 81.7 Å². The van der Waals surface area contributed by atoms with Gasteiger partial charge in [-0.2, -0.15) is 0 Å². The van der Waals surface area contributed by atoms with Gasteiger partial charge >= 0.3 is 23.9 Å². The highest BCUT2D eigenvalue weighted by Crippen LogP contribution is 2.63. The summed E-state index contributed by atoms with van der Waals surface area (Å²) >= 11 is 0. The van der Waals surface area contributed by atoms with Crippen LogP contribution in [0.1, 0.15) is 166 Å². The van der Waals surface area contributed by atoms with Gasteiger partial charge in [0.05, 0.1) is 43.6 Å². The van der Waals surface area contributed by atoms with E-state index in [1.807, 2.05) is 65.0 Å². The molecule has 12 bridgehead atoms. The van der Waals surface area contributed by atoms with Crippen molar-refractivity contribution in [3.8, 4) is 23.0 Å². The van der Waals surface area contributed by atoms with Crippen LogP contribution in [0.5, 0.6) is 23.0 Å². The highest BCUT2D eigenvalue weighted by molar-refractivity contribution is 7.98. The van der Waals surface area contributed by atoms with Gasteiger partial charge in [0.25, 0.3) is 0 Å². The fourth-order valence-electron chi connectivity index (χ4n) is 24.8. The normalized spacial score (nSPS) is 24.6. The summed E-state index contributed by atoms with van der Waals surface area (Å²) in [6.07, 6.45) is 18.9. The molecule has 0 radical (unpaired) electrons. The van der Waals surface area contributed by atoms with Gasteiger partial charge in [-0.15, -0.1) is 0 Å². The number of aryl methyl sites for hydroxylation is 5. The van der Waals surface area contributed by atoms with Gasteiger partial charge < -0.3 is 37.9 Å². The molecule has 0 aromatic heterocycles. The van der Waals surface area contributed by atoms with Crippen LogP contribution in [0.4, 0.5) is 0 Å². The Balaban J connectivity index is 0.000000123. The van der Waals surface area contributed by atoms with E-state index in [4.69, 9.17) is 37.9 Å². The van der Waals surface area contributed by atoms with E-state index >= 15 is 0 Å². The predicted octanol–water partition coefficient (Wildman–Crippen LogP) is 27.8. The van der Waals surface area contributed by atoms with Gasteiger partial charge in [-0.1, -0.05) is 146 Å². The van der Waals surface area contributed by atoms with Crippen LogP contribution in [0.15, 0.2) is 368 Å². The lowest BCUT2D eigenvalue weighted by Gasteiger charge is -2.59. The molecule has 0 spiro atoms. The molecule has 0 aliphatic heterocycles. The summed E-state index contributed by atoms with van der Waals surface area (Å²) in [7, 11) is -0.836. The third kappa shape index (κ3) is 22.6. The quantitative estimate of drug-likeness (QED) is 0.0275. The smallest absolute Gasteiger partial charge is 0.344 e. The van der Waals surface area contributed by atoms with Crippen LogP contribution in [-0.4, -0.2) is 72.7 Å². The molecule has 12 aromatic carbocycles. The van der Waals surface area contributed by atoms with Gasteiger partial charge in [-0.05, 0) is 405 Å². The molecule has 138 heavy (non-hydrogen) atoms. The molecular formula is C122H134O12S4+4. The van der Waals surface area contributed by atoms with Gasteiger partial charge in [-0.25, -0.2) is 19.2 Å². The molecule has 16 heteroatoms. The van der Waals surface area contributed by atoms with Crippen molar-refractivity contribution >= 4 is 67.5 Å². The summed E-state index contributed by atoms with van der Waals surface area (Å²) in [5.74, 6) is 10.1. The van der Waals surface area contributed by atoms with Crippen molar-refractivity contribution in [2.75, 3.05) is 26.4 Å². The van der Waals surface area contributed by atoms with E-state index in [1.54, 1.807) is 0 Å². The summed E-state index contributed by atoms with van der Waals surface area (Å²) < 4.78 is 47.8. The Labute approximate surface area is 829 Å². The Morgan fingerprint density at radius 2 is 0.478 bits per heavy atom. The monoisotopic (exact) mass is 1920 g/mol. The Kier molecular flexibility index (Phi) is 30.4. The average Bonchev–Trinajstić information content (AvgIpc) is 0.727. The van der Waals surface area contributed by atoms with E-state index < -0.39 is 5.60 Å². The van der Waals surface area contributed by atoms with Crippen molar-refractivity contribution in [3.05, 3.63) is 337 Å². The zero-order chi connectivity index (χ0) is 95.8. The summed E-state index contributed by atoms with van der Waals surface area (Å²) in [6.45, 7) is 22.2. The van der Waals surface area contributed by atoms with Crippen molar-refractivity contribution in [2.24, 2.45) is 71.0 Å². The third-order valence-corrected chi connectivity index (χ3v) is 39.7. The third-order valence-electron chi connectivity index (χ3n) is 30.7. The molecule has 0 atom stereocenters. The molecule has 24 rings (SSSR count).